The number of aromatic nitrogens is 1. The Morgan fingerprint density at radius 2 is 1.44 bits per heavy atom. The van der Waals surface area contributed by atoms with Crippen LogP contribution in [0.15, 0.2) is 24.5 Å². The summed E-state index contributed by atoms with van der Waals surface area (Å²) in [4.78, 5) is 0. The highest BCUT2D eigenvalue weighted by molar-refractivity contribution is 6.74. The molecule has 1 rings (SSSR count). The van der Waals surface area contributed by atoms with E-state index in [9.17, 15) is 0 Å². The van der Waals surface area contributed by atoms with Crippen molar-refractivity contribution in [1.82, 2.24) is 4.23 Å². The second-order valence-corrected chi connectivity index (χ2v) is 8.12. The second kappa shape index (κ2) is 2.03. The Bertz CT molecular complexity index is 171. The van der Waals surface area contributed by atoms with E-state index in [0.717, 1.165) is 0 Å². The van der Waals surface area contributed by atoms with Crippen molar-refractivity contribution in [3.05, 3.63) is 24.5 Å². The number of hydrogen-bond acceptors (Lipinski definition) is 0. The predicted molar refractivity (Wildman–Crippen MR) is 43.2 cm³/mol. The molecule has 1 nitrogen and oxygen atoms in total. The molecule has 2 heteroatoms. The van der Waals surface area contributed by atoms with Crippen LogP contribution in [0.2, 0.25) is 19.6 Å². The number of hydrogen-bond donors (Lipinski definition) is 0. The van der Waals surface area contributed by atoms with Gasteiger partial charge in [0.05, 0.1) is 0 Å². The molecule has 0 unspecified atom stereocenters. The molecule has 0 fully saturated rings. The van der Waals surface area contributed by atoms with Gasteiger partial charge < -0.3 is 4.23 Å². The second-order valence-electron chi connectivity index (χ2n) is 3.26. The van der Waals surface area contributed by atoms with Crippen LogP contribution in [0.25, 0.3) is 0 Å². The van der Waals surface area contributed by atoms with E-state index in [4.69, 9.17) is 0 Å². The maximum atomic E-state index is 2.33. The van der Waals surface area contributed by atoms with E-state index in [1.54, 1.807) is 0 Å². The molecule has 0 bridgehead atoms. The van der Waals surface area contributed by atoms with Crippen molar-refractivity contribution in [1.29, 1.82) is 0 Å². The largest absolute Gasteiger partial charge is 0.381 e. The zero-order valence-corrected chi connectivity index (χ0v) is 7.26. The highest BCUT2D eigenvalue weighted by Crippen LogP contribution is 2.04. The molecule has 1 aromatic rings. The molecule has 50 valence electrons. The highest BCUT2D eigenvalue weighted by Gasteiger charge is 2.13. The fourth-order valence-corrected chi connectivity index (χ4v) is 1.85. The summed E-state index contributed by atoms with van der Waals surface area (Å²) in [5.74, 6) is 0. The van der Waals surface area contributed by atoms with Gasteiger partial charge in [0.15, 0.2) is 8.24 Å². The predicted octanol–water partition coefficient (Wildman–Crippen LogP) is 2.17. The molecule has 0 spiro atoms. The fraction of sp³-hybridized carbons (Fsp3) is 0.429. The summed E-state index contributed by atoms with van der Waals surface area (Å²) in [6.07, 6.45) is 4.29. The zero-order valence-electron chi connectivity index (χ0n) is 6.26. The number of rotatable bonds is 1. The third-order valence-corrected chi connectivity index (χ3v) is 3.23. The monoisotopic (exact) mass is 139 g/mol. The molecule has 0 saturated heterocycles. The van der Waals surface area contributed by atoms with Gasteiger partial charge in [-0.15, -0.1) is 0 Å². The van der Waals surface area contributed by atoms with Crippen molar-refractivity contribution in [3.8, 4) is 0 Å². The van der Waals surface area contributed by atoms with Crippen molar-refractivity contribution in [3.63, 3.8) is 0 Å². The molecule has 9 heavy (non-hydrogen) atoms. The van der Waals surface area contributed by atoms with Crippen LogP contribution in [0.4, 0.5) is 0 Å². The molecular formula is C7H13NSi. The lowest BCUT2D eigenvalue weighted by atomic mass is 10.7. The normalized spacial score (nSPS) is 11.9. The van der Waals surface area contributed by atoms with Crippen molar-refractivity contribution in [2.45, 2.75) is 19.6 Å². The summed E-state index contributed by atoms with van der Waals surface area (Å²) in [5.41, 5.74) is 0. The van der Waals surface area contributed by atoms with Gasteiger partial charge in [-0.2, -0.15) is 0 Å². The Labute approximate surface area is 57.4 Å². The fourth-order valence-electron chi connectivity index (χ4n) is 0.782. The van der Waals surface area contributed by atoms with Gasteiger partial charge in [-0.25, -0.2) is 0 Å². The highest BCUT2D eigenvalue weighted by atomic mass is 28.3. The Morgan fingerprint density at radius 1 is 1.00 bits per heavy atom. The lowest BCUT2D eigenvalue weighted by Gasteiger charge is -2.17. The summed E-state index contributed by atoms with van der Waals surface area (Å²) < 4.78 is 2.33. The van der Waals surface area contributed by atoms with Crippen LogP contribution in [0.1, 0.15) is 0 Å². The summed E-state index contributed by atoms with van der Waals surface area (Å²) in [7, 11) is -1.06. The van der Waals surface area contributed by atoms with Gasteiger partial charge in [-0.3, -0.25) is 0 Å². The molecule has 0 aromatic carbocycles. The molecule has 0 aliphatic heterocycles. The zero-order chi connectivity index (χ0) is 6.91. The average molecular weight is 139 g/mol. The summed E-state index contributed by atoms with van der Waals surface area (Å²) in [6, 6.07) is 4.16. The molecule has 1 aromatic heterocycles. The van der Waals surface area contributed by atoms with Gasteiger partial charge in [0.25, 0.3) is 0 Å². The van der Waals surface area contributed by atoms with Gasteiger partial charge >= 0.3 is 0 Å². The van der Waals surface area contributed by atoms with E-state index in [-0.39, 0.29) is 0 Å². The van der Waals surface area contributed by atoms with E-state index in [2.05, 4.69) is 48.4 Å². The minimum atomic E-state index is -1.06. The van der Waals surface area contributed by atoms with Crippen molar-refractivity contribution < 1.29 is 0 Å². The third-order valence-electron chi connectivity index (χ3n) is 1.38. The summed E-state index contributed by atoms with van der Waals surface area (Å²) >= 11 is 0. The molecular weight excluding hydrogens is 126 g/mol. The van der Waals surface area contributed by atoms with Gasteiger partial charge in [-0.1, -0.05) is 19.6 Å². The van der Waals surface area contributed by atoms with Crippen LogP contribution in [0, 0.1) is 0 Å². The van der Waals surface area contributed by atoms with E-state index >= 15 is 0 Å². The van der Waals surface area contributed by atoms with Crippen LogP contribution in [0.3, 0.4) is 0 Å². The van der Waals surface area contributed by atoms with Gasteiger partial charge in [0, 0.05) is 0 Å². The molecule has 0 N–H and O–H groups in total. The van der Waals surface area contributed by atoms with Crippen LogP contribution in [0.5, 0.6) is 0 Å². The van der Waals surface area contributed by atoms with Crippen LogP contribution in [-0.4, -0.2) is 12.5 Å². The van der Waals surface area contributed by atoms with Crippen molar-refractivity contribution in [2.75, 3.05) is 0 Å². The van der Waals surface area contributed by atoms with Crippen LogP contribution in [-0.2, 0) is 0 Å². The quantitative estimate of drug-likeness (QED) is 0.525. The first-order chi connectivity index (χ1) is 4.11. The maximum absolute atomic E-state index is 2.33. The standard InChI is InChI=1S/C7H13NSi/c1-9(2,3)8-6-4-5-7-8/h4-7H,1-3H3. The lowest BCUT2D eigenvalue weighted by Crippen LogP contribution is -2.30. The first kappa shape index (κ1) is 6.61. The topological polar surface area (TPSA) is 4.93 Å². The minimum Gasteiger partial charge on any atom is -0.381 e. The van der Waals surface area contributed by atoms with Gasteiger partial charge in [-0.05, 0) is 24.5 Å². The first-order valence-electron chi connectivity index (χ1n) is 3.24. The molecule has 0 aliphatic rings. The third kappa shape index (κ3) is 1.45. The van der Waals surface area contributed by atoms with Crippen molar-refractivity contribution in [2.24, 2.45) is 0 Å². The molecule has 0 atom stereocenters. The Morgan fingerprint density at radius 3 is 1.67 bits per heavy atom. The molecule has 0 aliphatic carbocycles. The van der Waals surface area contributed by atoms with Crippen molar-refractivity contribution >= 4 is 8.24 Å². The molecule has 1 heterocycles. The smallest absolute Gasteiger partial charge is 0.152 e. The Hall–Kier alpha value is -0.503. The van der Waals surface area contributed by atoms with Gasteiger partial charge in [0.1, 0.15) is 0 Å². The molecule has 0 radical (unpaired) electrons. The minimum absolute atomic E-state index is 1.06. The lowest BCUT2D eigenvalue weighted by molar-refractivity contribution is 1.15. The van der Waals surface area contributed by atoms with E-state index in [1.165, 1.54) is 0 Å². The Kier molecular flexibility index (Phi) is 1.49. The molecule has 0 amide bonds. The van der Waals surface area contributed by atoms with E-state index < -0.39 is 8.24 Å². The maximum Gasteiger partial charge on any atom is 0.152 e. The first-order valence-corrected chi connectivity index (χ1v) is 6.69. The van der Waals surface area contributed by atoms with Gasteiger partial charge in [0.2, 0.25) is 0 Å². The molecule has 0 saturated carbocycles. The SMILES string of the molecule is C[Si](C)(C)n1cccc1. The summed E-state index contributed by atoms with van der Waals surface area (Å²) in [5, 5.41) is 0. The van der Waals surface area contributed by atoms with E-state index in [1.807, 2.05) is 0 Å². The summed E-state index contributed by atoms with van der Waals surface area (Å²) in [6.45, 7) is 6.98. The number of nitrogens with zero attached hydrogens (tertiary/aromatic N) is 1. The Balaban J connectivity index is 2.90. The van der Waals surface area contributed by atoms with Crippen LogP contribution >= 0.6 is 0 Å². The van der Waals surface area contributed by atoms with E-state index in [0.29, 0.717) is 0 Å². The average Bonchev–Trinajstić information content (AvgIpc) is 2.08. The van der Waals surface area contributed by atoms with Crippen LogP contribution < -0.4 is 0 Å².